The number of aliphatic hydroxyl groups excluding tert-OH is 1. The van der Waals surface area contributed by atoms with Crippen LogP contribution in [0.15, 0.2) is 24.4 Å². The van der Waals surface area contributed by atoms with Gasteiger partial charge in [0, 0.05) is 24.0 Å². The van der Waals surface area contributed by atoms with Crippen LogP contribution < -0.4 is 5.32 Å². The molecule has 0 saturated heterocycles. The third-order valence-corrected chi connectivity index (χ3v) is 4.60. The van der Waals surface area contributed by atoms with Crippen LogP contribution in [0.1, 0.15) is 40.7 Å². The standard InChI is InChI=1S/C18H22N2O2/c1-11-8-14-12(2)6-7-19-17(14)15(9-11)18(22)20-10-13-4-3-5-16(13)21/h6-9,13,16,21H,3-5,10H2,1-2H3,(H,20,22)/t13-,16+/m0/s1. The highest BCUT2D eigenvalue weighted by atomic mass is 16.3. The van der Waals surface area contributed by atoms with E-state index in [9.17, 15) is 9.90 Å². The molecule has 2 aromatic rings. The van der Waals surface area contributed by atoms with E-state index < -0.39 is 0 Å². The summed E-state index contributed by atoms with van der Waals surface area (Å²) in [5.74, 6) is 0.0700. The number of aryl methyl sites for hydroxylation is 2. The van der Waals surface area contributed by atoms with Crippen molar-refractivity contribution in [1.82, 2.24) is 10.3 Å². The number of carbonyl (C=O) groups excluding carboxylic acids is 1. The van der Waals surface area contributed by atoms with Gasteiger partial charge < -0.3 is 10.4 Å². The van der Waals surface area contributed by atoms with Gasteiger partial charge in [0.2, 0.25) is 0 Å². The van der Waals surface area contributed by atoms with Crippen LogP contribution in [0.5, 0.6) is 0 Å². The molecule has 1 aromatic carbocycles. The molecular formula is C18H22N2O2. The second-order valence-electron chi connectivity index (χ2n) is 6.30. The lowest BCUT2D eigenvalue weighted by Crippen LogP contribution is -2.32. The number of nitrogens with one attached hydrogen (secondary N) is 1. The summed E-state index contributed by atoms with van der Waals surface area (Å²) in [7, 11) is 0. The van der Waals surface area contributed by atoms with Gasteiger partial charge in [-0.2, -0.15) is 0 Å². The second kappa shape index (κ2) is 6.05. The molecule has 1 amide bonds. The molecule has 1 aliphatic carbocycles. The largest absolute Gasteiger partial charge is 0.393 e. The van der Waals surface area contributed by atoms with Gasteiger partial charge in [0.1, 0.15) is 0 Å². The summed E-state index contributed by atoms with van der Waals surface area (Å²) in [6.45, 7) is 4.55. The number of aliphatic hydroxyl groups is 1. The lowest BCUT2D eigenvalue weighted by Gasteiger charge is -2.16. The van der Waals surface area contributed by atoms with E-state index in [4.69, 9.17) is 0 Å². The number of hydrogen-bond donors (Lipinski definition) is 2. The minimum Gasteiger partial charge on any atom is -0.393 e. The molecule has 1 heterocycles. The van der Waals surface area contributed by atoms with Crippen molar-refractivity contribution in [2.45, 2.75) is 39.2 Å². The van der Waals surface area contributed by atoms with Crippen LogP contribution in [0.3, 0.4) is 0 Å². The van der Waals surface area contributed by atoms with E-state index in [0.29, 0.717) is 12.1 Å². The lowest BCUT2D eigenvalue weighted by molar-refractivity contribution is 0.0918. The van der Waals surface area contributed by atoms with Crippen molar-refractivity contribution in [3.05, 3.63) is 41.1 Å². The topological polar surface area (TPSA) is 62.2 Å². The smallest absolute Gasteiger partial charge is 0.253 e. The molecule has 4 heteroatoms. The summed E-state index contributed by atoms with van der Waals surface area (Å²) in [5, 5.41) is 13.9. The Balaban J connectivity index is 1.86. The number of benzene rings is 1. The SMILES string of the molecule is Cc1cc(C(=O)NC[C@@H]2CCC[C@H]2O)c2nccc(C)c2c1. The van der Waals surface area contributed by atoms with Crippen molar-refractivity contribution in [3.63, 3.8) is 0 Å². The van der Waals surface area contributed by atoms with E-state index >= 15 is 0 Å². The van der Waals surface area contributed by atoms with E-state index in [1.54, 1.807) is 6.20 Å². The van der Waals surface area contributed by atoms with Crippen molar-refractivity contribution in [1.29, 1.82) is 0 Å². The van der Waals surface area contributed by atoms with Gasteiger partial charge in [-0.3, -0.25) is 9.78 Å². The van der Waals surface area contributed by atoms with Crippen LogP contribution in [0.25, 0.3) is 10.9 Å². The van der Waals surface area contributed by atoms with Crippen molar-refractivity contribution in [2.24, 2.45) is 5.92 Å². The van der Waals surface area contributed by atoms with Gasteiger partial charge in [-0.25, -0.2) is 0 Å². The number of fused-ring (bicyclic) bond motifs is 1. The molecule has 1 aromatic heterocycles. The molecule has 1 fully saturated rings. The zero-order chi connectivity index (χ0) is 15.7. The molecule has 0 radical (unpaired) electrons. The van der Waals surface area contributed by atoms with Gasteiger partial charge in [0.05, 0.1) is 17.2 Å². The Morgan fingerprint density at radius 2 is 2.18 bits per heavy atom. The molecule has 116 valence electrons. The van der Waals surface area contributed by atoms with Gasteiger partial charge in [0.25, 0.3) is 5.91 Å². The minimum absolute atomic E-state index is 0.106. The van der Waals surface area contributed by atoms with Crippen LogP contribution >= 0.6 is 0 Å². The third-order valence-electron chi connectivity index (χ3n) is 4.60. The average Bonchev–Trinajstić information content (AvgIpc) is 2.90. The zero-order valence-electron chi connectivity index (χ0n) is 13.1. The van der Waals surface area contributed by atoms with E-state index in [-0.39, 0.29) is 17.9 Å². The molecule has 22 heavy (non-hydrogen) atoms. The normalized spacial score (nSPS) is 21.2. The van der Waals surface area contributed by atoms with E-state index in [1.807, 2.05) is 26.0 Å². The summed E-state index contributed by atoms with van der Waals surface area (Å²) in [5.41, 5.74) is 3.53. The highest BCUT2D eigenvalue weighted by Gasteiger charge is 2.25. The first-order valence-electron chi connectivity index (χ1n) is 7.88. The minimum atomic E-state index is -0.282. The summed E-state index contributed by atoms with van der Waals surface area (Å²) < 4.78 is 0. The average molecular weight is 298 g/mol. The Kier molecular flexibility index (Phi) is 4.12. The second-order valence-corrected chi connectivity index (χ2v) is 6.30. The third kappa shape index (κ3) is 2.83. The first-order valence-corrected chi connectivity index (χ1v) is 7.88. The predicted octanol–water partition coefficient (Wildman–Crippen LogP) is 2.74. The van der Waals surface area contributed by atoms with Gasteiger partial charge in [-0.05, 0) is 56.0 Å². The first-order chi connectivity index (χ1) is 10.6. The van der Waals surface area contributed by atoms with Crippen LogP contribution in [0.2, 0.25) is 0 Å². The van der Waals surface area contributed by atoms with Gasteiger partial charge in [-0.15, -0.1) is 0 Å². The lowest BCUT2D eigenvalue weighted by atomic mass is 10.0. The number of amides is 1. The molecule has 3 rings (SSSR count). The Hall–Kier alpha value is -1.94. The van der Waals surface area contributed by atoms with Crippen molar-refractivity contribution in [2.75, 3.05) is 6.54 Å². The summed E-state index contributed by atoms with van der Waals surface area (Å²) in [4.78, 5) is 16.9. The maximum atomic E-state index is 12.6. The summed E-state index contributed by atoms with van der Waals surface area (Å²) >= 11 is 0. The molecule has 1 aliphatic rings. The zero-order valence-corrected chi connectivity index (χ0v) is 13.1. The number of pyridine rings is 1. The van der Waals surface area contributed by atoms with Crippen LogP contribution in [-0.2, 0) is 0 Å². The van der Waals surface area contributed by atoms with Crippen molar-refractivity contribution in [3.8, 4) is 0 Å². The maximum absolute atomic E-state index is 12.6. The quantitative estimate of drug-likeness (QED) is 0.916. The molecule has 2 atom stereocenters. The summed E-state index contributed by atoms with van der Waals surface area (Å²) in [6.07, 6.45) is 4.32. The molecule has 1 saturated carbocycles. The molecule has 0 spiro atoms. The monoisotopic (exact) mass is 298 g/mol. The van der Waals surface area contributed by atoms with Crippen molar-refractivity contribution >= 4 is 16.8 Å². The molecule has 2 N–H and O–H groups in total. The molecule has 4 nitrogen and oxygen atoms in total. The van der Waals surface area contributed by atoms with Crippen LogP contribution in [0.4, 0.5) is 0 Å². The van der Waals surface area contributed by atoms with Crippen LogP contribution in [0, 0.1) is 19.8 Å². The Morgan fingerprint density at radius 3 is 2.91 bits per heavy atom. The Labute approximate surface area is 130 Å². The van der Waals surface area contributed by atoms with Crippen LogP contribution in [-0.4, -0.2) is 28.6 Å². The number of aromatic nitrogens is 1. The number of carbonyl (C=O) groups is 1. The van der Waals surface area contributed by atoms with E-state index in [1.165, 1.54) is 0 Å². The van der Waals surface area contributed by atoms with Gasteiger partial charge >= 0.3 is 0 Å². The highest BCUT2D eigenvalue weighted by molar-refractivity contribution is 6.06. The summed E-state index contributed by atoms with van der Waals surface area (Å²) in [6, 6.07) is 5.91. The van der Waals surface area contributed by atoms with E-state index in [2.05, 4.69) is 16.4 Å². The van der Waals surface area contributed by atoms with Crippen molar-refractivity contribution < 1.29 is 9.90 Å². The number of rotatable bonds is 3. The fourth-order valence-corrected chi connectivity index (χ4v) is 3.28. The fraction of sp³-hybridized carbons (Fsp3) is 0.444. The number of hydrogen-bond acceptors (Lipinski definition) is 3. The molecule has 0 unspecified atom stereocenters. The van der Waals surface area contributed by atoms with E-state index in [0.717, 1.165) is 41.3 Å². The van der Waals surface area contributed by atoms with Gasteiger partial charge in [-0.1, -0.05) is 6.42 Å². The Bertz CT molecular complexity index is 712. The highest BCUT2D eigenvalue weighted by Crippen LogP contribution is 2.25. The predicted molar refractivity (Wildman–Crippen MR) is 86.9 cm³/mol. The Morgan fingerprint density at radius 1 is 1.36 bits per heavy atom. The van der Waals surface area contributed by atoms with Gasteiger partial charge in [0.15, 0.2) is 0 Å². The molecule has 0 bridgehead atoms. The molecule has 0 aliphatic heterocycles. The first kappa shape index (κ1) is 15.0. The number of nitrogens with zero attached hydrogens (tertiary/aromatic N) is 1. The maximum Gasteiger partial charge on any atom is 0.253 e. The molecular weight excluding hydrogens is 276 g/mol. The fourth-order valence-electron chi connectivity index (χ4n) is 3.28.